The minimum Gasteiger partial charge on any atom is -0.598 e. The van der Waals surface area contributed by atoms with Crippen LogP contribution < -0.4 is 9.46 Å². The molecule has 2 aliphatic carbocycles. The Labute approximate surface area is 172 Å². The quantitative estimate of drug-likeness (QED) is 0.458. The van der Waals surface area contributed by atoms with Crippen molar-refractivity contribution in [2.24, 2.45) is 5.41 Å². The van der Waals surface area contributed by atoms with Crippen LogP contribution >= 0.6 is 23.2 Å². The summed E-state index contributed by atoms with van der Waals surface area (Å²) in [4.78, 5) is 0. The van der Waals surface area contributed by atoms with Crippen molar-refractivity contribution in [1.29, 1.82) is 0 Å². The van der Waals surface area contributed by atoms with E-state index in [9.17, 15) is 8.94 Å². The first kappa shape index (κ1) is 21.4. The van der Waals surface area contributed by atoms with Crippen molar-refractivity contribution < 1.29 is 18.1 Å². The maximum Gasteiger partial charge on any atom is 0.171 e. The van der Waals surface area contributed by atoms with Gasteiger partial charge in [0.25, 0.3) is 0 Å². The van der Waals surface area contributed by atoms with Crippen molar-refractivity contribution in [2.75, 3.05) is 7.11 Å². The molecule has 0 radical (unpaired) electrons. The van der Waals surface area contributed by atoms with Crippen molar-refractivity contribution in [3.05, 3.63) is 27.5 Å². The van der Waals surface area contributed by atoms with Gasteiger partial charge in [-0.15, -0.1) is 4.72 Å². The molecule has 0 unspecified atom stereocenters. The highest BCUT2D eigenvalue weighted by Crippen LogP contribution is 2.64. The van der Waals surface area contributed by atoms with Crippen LogP contribution in [0.25, 0.3) is 0 Å². The predicted octanol–water partition coefficient (Wildman–Crippen LogP) is 5.91. The molecule has 3 nitrogen and oxygen atoms in total. The van der Waals surface area contributed by atoms with Crippen molar-refractivity contribution in [1.82, 2.24) is 4.72 Å². The van der Waals surface area contributed by atoms with Crippen LogP contribution in [0.2, 0.25) is 10.0 Å². The molecule has 1 N–H and O–H groups in total. The SMILES string of the molecule is COc1cc(Cl)c(Cl)c([C@@H](N[S@+]([O-])C(C)(C)C)C23CCC(F)(CC2)C3)c1F. The largest absolute Gasteiger partial charge is 0.598 e. The zero-order valence-corrected chi connectivity index (χ0v) is 18.3. The molecule has 1 aromatic rings. The van der Waals surface area contributed by atoms with Crippen LogP contribution in [0, 0.1) is 11.2 Å². The summed E-state index contributed by atoms with van der Waals surface area (Å²) < 4.78 is 50.7. The van der Waals surface area contributed by atoms with Gasteiger partial charge in [-0.2, -0.15) is 0 Å². The molecule has 8 heteroatoms. The van der Waals surface area contributed by atoms with Crippen LogP contribution in [-0.4, -0.2) is 22.1 Å². The molecule has 2 aliphatic rings. The maximum atomic E-state index is 15.3. The van der Waals surface area contributed by atoms with E-state index in [0.717, 1.165) is 0 Å². The van der Waals surface area contributed by atoms with Gasteiger partial charge < -0.3 is 9.29 Å². The van der Waals surface area contributed by atoms with Gasteiger partial charge in [-0.05, 0) is 58.3 Å². The summed E-state index contributed by atoms with van der Waals surface area (Å²) in [5.41, 5.74) is -1.69. The first-order valence-electron chi connectivity index (χ1n) is 9.01. The molecule has 27 heavy (non-hydrogen) atoms. The van der Waals surface area contributed by atoms with Crippen molar-refractivity contribution >= 4 is 34.6 Å². The van der Waals surface area contributed by atoms with Crippen LogP contribution in [0.15, 0.2) is 6.07 Å². The first-order valence-corrected chi connectivity index (χ1v) is 10.9. The maximum absolute atomic E-state index is 15.3. The van der Waals surface area contributed by atoms with E-state index >= 15 is 4.39 Å². The van der Waals surface area contributed by atoms with E-state index in [4.69, 9.17) is 27.9 Å². The van der Waals surface area contributed by atoms with Gasteiger partial charge in [-0.1, -0.05) is 23.2 Å². The number of methoxy groups -OCH3 is 1. The van der Waals surface area contributed by atoms with E-state index in [2.05, 4.69) is 4.72 Å². The fourth-order valence-electron chi connectivity index (χ4n) is 4.35. The normalized spacial score (nSPS) is 29.8. The van der Waals surface area contributed by atoms with Crippen LogP contribution in [-0.2, 0) is 11.4 Å². The summed E-state index contributed by atoms with van der Waals surface area (Å²) in [5, 5.41) is 0.202. The summed E-state index contributed by atoms with van der Waals surface area (Å²) in [6.07, 6.45) is 2.29. The molecule has 2 fully saturated rings. The monoisotopic (exact) mass is 439 g/mol. The Balaban J connectivity index is 2.13. The summed E-state index contributed by atoms with van der Waals surface area (Å²) >= 11 is 11.1. The van der Waals surface area contributed by atoms with Gasteiger partial charge in [0.1, 0.15) is 10.4 Å². The minimum absolute atomic E-state index is 0.0355. The number of fused-ring (bicyclic) bond motifs is 2. The molecule has 2 atom stereocenters. The second-order valence-corrected chi connectivity index (χ2v) is 11.5. The van der Waals surface area contributed by atoms with Crippen molar-refractivity contribution in [2.45, 2.75) is 69.3 Å². The number of hydrogen-bond acceptors (Lipinski definition) is 3. The summed E-state index contributed by atoms with van der Waals surface area (Å²) in [7, 11) is 1.35. The summed E-state index contributed by atoms with van der Waals surface area (Å²) in [5.74, 6) is -0.681. The molecular formula is C19H25Cl2F2NO2S. The molecule has 1 aromatic carbocycles. The molecular weight excluding hydrogens is 415 g/mol. The Bertz CT molecular complexity index is 733. The lowest BCUT2D eigenvalue weighted by molar-refractivity contribution is 0.175. The highest BCUT2D eigenvalue weighted by molar-refractivity contribution is 7.90. The predicted molar refractivity (Wildman–Crippen MR) is 106 cm³/mol. The standard InChI is InChI=1S/C19H25Cl2F2NO2S/c1-17(2,3)27(25)24-16(18-5-7-19(23,10-18)8-6-18)13-14(21)11(20)9-12(26-4)15(13)22/h9,16,24H,5-8,10H2,1-4H3/t16-,18?,19?,27-/m1/s1. The molecule has 2 bridgehead atoms. The third-order valence-electron chi connectivity index (χ3n) is 5.87. The molecule has 0 saturated heterocycles. The van der Waals surface area contributed by atoms with Gasteiger partial charge in [0.15, 0.2) is 11.6 Å². The number of benzene rings is 1. The molecule has 0 aliphatic heterocycles. The molecule has 0 spiro atoms. The number of hydrogen-bond donors (Lipinski definition) is 1. The Kier molecular flexibility index (Phi) is 5.72. The van der Waals surface area contributed by atoms with Gasteiger partial charge in [0, 0.05) is 23.0 Å². The van der Waals surface area contributed by atoms with Gasteiger partial charge in [0.2, 0.25) is 0 Å². The van der Waals surface area contributed by atoms with Crippen LogP contribution in [0.3, 0.4) is 0 Å². The van der Waals surface area contributed by atoms with E-state index in [-0.39, 0.29) is 21.4 Å². The lowest BCUT2D eigenvalue weighted by Gasteiger charge is -2.38. The van der Waals surface area contributed by atoms with Crippen LogP contribution in [0.5, 0.6) is 5.75 Å². The number of alkyl halides is 1. The van der Waals surface area contributed by atoms with Gasteiger partial charge in [0.05, 0.1) is 23.2 Å². The number of nitrogens with one attached hydrogen (secondary N) is 1. The second-order valence-electron chi connectivity index (χ2n) is 8.72. The lowest BCUT2D eigenvalue weighted by Crippen LogP contribution is -2.46. The molecule has 152 valence electrons. The average Bonchev–Trinajstić information content (AvgIpc) is 3.11. The Morgan fingerprint density at radius 1 is 1.26 bits per heavy atom. The summed E-state index contributed by atoms with van der Waals surface area (Å²) in [6.45, 7) is 5.47. The van der Waals surface area contributed by atoms with Gasteiger partial charge >= 0.3 is 0 Å². The highest BCUT2D eigenvalue weighted by atomic mass is 35.5. The molecule has 0 aromatic heterocycles. The van der Waals surface area contributed by atoms with E-state index in [1.807, 2.05) is 20.8 Å². The van der Waals surface area contributed by atoms with E-state index < -0.39 is 39.1 Å². The van der Waals surface area contributed by atoms with Crippen molar-refractivity contribution in [3.63, 3.8) is 0 Å². The van der Waals surface area contributed by atoms with Gasteiger partial charge in [-0.25, -0.2) is 8.78 Å². The molecule has 2 saturated carbocycles. The first-order chi connectivity index (χ1) is 12.4. The van der Waals surface area contributed by atoms with E-state index in [1.54, 1.807) is 0 Å². The Morgan fingerprint density at radius 3 is 2.30 bits per heavy atom. The minimum atomic E-state index is -1.50. The number of rotatable bonds is 5. The lowest BCUT2D eigenvalue weighted by atomic mass is 9.74. The van der Waals surface area contributed by atoms with Crippen molar-refractivity contribution in [3.8, 4) is 5.75 Å². The third kappa shape index (κ3) is 3.80. The molecule has 0 heterocycles. The van der Waals surface area contributed by atoms with Crippen LogP contribution in [0.1, 0.15) is 64.5 Å². The van der Waals surface area contributed by atoms with Crippen LogP contribution in [0.4, 0.5) is 8.78 Å². The topological polar surface area (TPSA) is 44.3 Å². The number of halogens is 4. The highest BCUT2D eigenvalue weighted by Gasteiger charge is 2.60. The van der Waals surface area contributed by atoms with E-state index in [0.29, 0.717) is 32.1 Å². The second kappa shape index (κ2) is 7.21. The third-order valence-corrected chi connectivity index (χ3v) is 8.23. The Morgan fingerprint density at radius 2 is 1.85 bits per heavy atom. The summed E-state index contributed by atoms with van der Waals surface area (Å²) in [6, 6.07) is 0.596. The fourth-order valence-corrected chi connectivity index (χ4v) is 5.73. The fraction of sp³-hybridized carbons (Fsp3) is 0.684. The smallest absolute Gasteiger partial charge is 0.171 e. The zero-order chi connectivity index (χ0) is 20.2. The van der Waals surface area contributed by atoms with Gasteiger partial charge in [-0.3, -0.25) is 0 Å². The average molecular weight is 440 g/mol. The Hall–Kier alpha value is -0.270. The van der Waals surface area contributed by atoms with E-state index in [1.165, 1.54) is 13.2 Å². The number of ether oxygens (including phenoxy) is 1. The molecule has 0 amide bonds. The zero-order valence-electron chi connectivity index (χ0n) is 15.9. The molecule has 3 rings (SSSR count).